The number of carbonyl (C=O) groups is 2. The number of benzene rings is 2. The van der Waals surface area contributed by atoms with Crippen molar-refractivity contribution in [2.24, 2.45) is 0 Å². The van der Waals surface area contributed by atoms with Crippen LogP contribution in [0.25, 0.3) is 0 Å². The van der Waals surface area contributed by atoms with Gasteiger partial charge in [-0.2, -0.15) is 0 Å². The molecule has 2 amide bonds. The third-order valence-electron chi connectivity index (χ3n) is 4.95. The average molecular weight is 396 g/mol. The maximum atomic E-state index is 12.4. The van der Waals surface area contributed by atoms with Gasteiger partial charge in [-0.25, -0.2) is 0 Å². The molecule has 1 aliphatic heterocycles. The van der Waals surface area contributed by atoms with Crippen LogP contribution in [0.15, 0.2) is 48.5 Å². The molecule has 0 aromatic heterocycles. The van der Waals surface area contributed by atoms with Crippen LogP contribution in [-0.4, -0.2) is 44.7 Å². The quantitative estimate of drug-likeness (QED) is 0.816. The molecule has 3 rings (SSSR count). The lowest BCUT2D eigenvalue weighted by atomic mass is 9.87. The van der Waals surface area contributed by atoms with E-state index in [1.807, 2.05) is 36.4 Å². The Morgan fingerprint density at radius 2 is 1.66 bits per heavy atom. The van der Waals surface area contributed by atoms with Crippen molar-refractivity contribution in [3.05, 3.63) is 59.7 Å². The van der Waals surface area contributed by atoms with Gasteiger partial charge in [0.15, 0.2) is 0 Å². The van der Waals surface area contributed by atoms with E-state index in [4.69, 9.17) is 4.74 Å². The normalized spacial score (nSPS) is 14.4. The molecular formula is C23H29N3O3. The minimum Gasteiger partial charge on any atom is -0.378 e. The number of para-hydroxylation sites is 2. The highest BCUT2D eigenvalue weighted by Gasteiger charge is 2.17. The summed E-state index contributed by atoms with van der Waals surface area (Å²) >= 11 is 0. The van der Waals surface area contributed by atoms with E-state index in [0.29, 0.717) is 18.8 Å². The summed E-state index contributed by atoms with van der Waals surface area (Å²) in [6.45, 7) is 9.21. The molecular weight excluding hydrogens is 366 g/mol. The first-order chi connectivity index (χ1) is 13.8. The molecule has 0 unspecified atom stereocenters. The summed E-state index contributed by atoms with van der Waals surface area (Å²) in [5, 5.41) is 5.60. The van der Waals surface area contributed by atoms with Gasteiger partial charge in [0.1, 0.15) is 0 Å². The van der Waals surface area contributed by atoms with Gasteiger partial charge in [-0.1, -0.05) is 45.0 Å². The molecule has 154 valence electrons. The fourth-order valence-electron chi connectivity index (χ4n) is 3.24. The number of amides is 2. The van der Waals surface area contributed by atoms with Crippen LogP contribution in [0, 0.1) is 0 Å². The number of anilines is 2. The molecule has 0 aliphatic carbocycles. The van der Waals surface area contributed by atoms with Gasteiger partial charge in [0.05, 0.1) is 31.1 Å². The molecule has 2 aromatic carbocycles. The third kappa shape index (κ3) is 5.57. The van der Waals surface area contributed by atoms with Gasteiger partial charge in [0.2, 0.25) is 5.91 Å². The van der Waals surface area contributed by atoms with Crippen LogP contribution in [0.1, 0.15) is 36.7 Å². The SMILES string of the molecule is CC(C)(C)c1ccc(C(=O)NCC(=O)Nc2ccccc2N2CCOCC2)cc1. The average Bonchev–Trinajstić information content (AvgIpc) is 2.72. The molecule has 1 fully saturated rings. The van der Waals surface area contributed by atoms with Crippen molar-refractivity contribution in [2.45, 2.75) is 26.2 Å². The Labute approximate surface area is 172 Å². The van der Waals surface area contributed by atoms with E-state index >= 15 is 0 Å². The first kappa shape index (κ1) is 20.9. The molecule has 1 aliphatic rings. The Morgan fingerprint density at radius 3 is 2.31 bits per heavy atom. The predicted octanol–water partition coefficient (Wildman–Crippen LogP) is 3.19. The predicted molar refractivity (Wildman–Crippen MR) is 116 cm³/mol. The smallest absolute Gasteiger partial charge is 0.251 e. The summed E-state index contributed by atoms with van der Waals surface area (Å²) < 4.78 is 5.40. The highest BCUT2D eigenvalue weighted by atomic mass is 16.5. The van der Waals surface area contributed by atoms with Crippen molar-refractivity contribution in [2.75, 3.05) is 43.1 Å². The Kier molecular flexibility index (Phi) is 6.54. The van der Waals surface area contributed by atoms with E-state index in [1.54, 1.807) is 12.1 Å². The van der Waals surface area contributed by atoms with E-state index in [-0.39, 0.29) is 23.8 Å². The number of nitrogens with one attached hydrogen (secondary N) is 2. The largest absolute Gasteiger partial charge is 0.378 e. The number of hydrogen-bond acceptors (Lipinski definition) is 4. The van der Waals surface area contributed by atoms with E-state index in [9.17, 15) is 9.59 Å². The molecule has 6 nitrogen and oxygen atoms in total. The highest BCUT2D eigenvalue weighted by molar-refractivity contribution is 6.00. The molecule has 0 radical (unpaired) electrons. The first-order valence-corrected chi connectivity index (χ1v) is 9.95. The third-order valence-corrected chi connectivity index (χ3v) is 4.95. The Hall–Kier alpha value is -2.86. The van der Waals surface area contributed by atoms with Gasteiger partial charge < -0.3 is 20.3 Å². The molecule has 1 heterocycles. The first-order valence-electron chi connectivity index (χ1n) is 9.95. The van der Waals surface area contributed by atoms with Gasteiger partial charge in [-0.05, 0) is 35.2 Å². The summed E-state index contributed by atoms with van der Waals surface area (Å²) in [6, 6.07) is 15.2. The fraction of sp³-hybridized carbons (Fsp3) is 0.391. The summed E-state index contributed by atoms with van der Waals surface area (Å²) in [6.07, 6.45) is 0. The van der Waals surface area contributed by atoms with Crippen molar-refractivity contribution in [1.82, 2.24) is 5.32 Å². The number of morpholine rings is 1. The number of nitrogens with zero attached hydrogens (tertiary/aromatic N) is 1. The monoisotopic (exact) mass is 395 g/mol. The van der Waals surface area contributed by atoms with Gasteiger partial charge >= 0.3 is 0 Å². The van der Waals surface area contributed by atoms with E-state index in [1.165, 1.54) is 0 Å². The summed E-state index contributed by atoms with van der Waals surface area (Å²) in [5.41, 5.74) is 3.44. The number of ether oxygens (including phenoxy) is 1. The molecule has 1 saturated heterocycles. The van der Waals surface area contributed by atoms with Gasteiger partial charge in [0.25, 0.3) is 5.91 Å². The summed E-state index contributed by atoms with van der Waals surface area (Å²) in [5.74, 6) is -0.521. The molecule has 2 aromatic rings. The van der Waals surface area contributed by atoms with Crippen LogP contribution in [0.3, 0.4) is 0 Å². The van der Waals surface area contributed by atoms with Crippen molar-refractivity contribution in [3.8, 4) is 0 Å². The fourth-order valence-corrected chi connectivity index (χ4v) is 3.24. The van der Waals surface area contributed by atoms with Gasteiger partial charge in [-0.15, -0.1) is 0 Å². The second-order valence-corrected chi connectivity index (χ2v) is 8.17. The molecule has 2 N–H and O–H groups in total. The zero-order valence-electron chi connectivity index (χ0n) is 17.3. The number of carbonyl (C=O) groups excluding carboxylic acids is 2. The summed E-state index contributed by atoms with van der Waals surface area (Å²) in [7, 11) is 0. The van der Waals surface area contributed by atoms with Crippen molar-refractivity contribution in [3.63, 3.8) is 0 Å². The Bertz CT molecular complexity index is 850. The zero-order chi connectivity index (χ0) is 20.9. The molecule has 0 bridgehead atoms. The summed E-state index contributed by atoms with van der Waals surface area (Å²) in [4.78, 5) is 27.0. The minimum atomic E-state index is -0.262. The maximum Gasteiger partial charge on any atom is 0.251 e. The van der Waals surface area contributed by atoms with Crippen LogP contribution >= 0.6 is 0 Å². The standard InChI is InChI=1S/C23H29N3O3/c1-23(2,3)18-10-8-17(9-11-18)22(28)24-16-21(27)25-19-6-4-5-7-20(19)26-12-14-29-15-13-26/h4-11H,12-16H2,1-3H3,(H,24,28)(H,25,27). The van der Waals surface area contributed by atoms with Crippen LogP contribution in [0.2, 0.25) is 0 Å². The highest BCUT2D eigenvalue weighted by Crippen LogP contribution is 2.26. The Morgan fingerprint density at radius 1 is 1.00 bits per heavy atom. The van der Waals surface area contributed by atoms with Crippen molar-refractivity contribution < 1.29 is 14.3 Å². The van der Waals surface area contributed by atoms with E-state index in [2.05, 4.69) is 36.3 Å². The van der Waals surface area contributed by atoms with Crippen LogP contribution in [-0.2, 0) is 14.9 Å². The van der Waals surface area contributed by atoms with Gasteiger partial charge in [0, 0.05) is 18.7 Å². The second-order valence-electron chi connectivity index (χ2n) is 8.17. The molecule has 0 saturated carbocycles. The second kappa shape index (κ2) is 9.09. The lowest BCUT2D eigenvalue weighted by Gasteiger charge is -2.30. The van der Waals surface area contributed by atoms with Crippen LogP contribution in [0.5, 0.6) is 0 Å². The number of hydrogen-bond donors (Lipinski definition) is 2. The van der Waals surface area contributed by atoms with Crippen LogP contribution in [0.4, 0.5) is 11.4 Å². The molecule has 0 atom stereocenters. The zero-order valence-corrected chi connectivity index (χ0v) is 17.3. The molecule has 6 heteroatoms. The van der Waals surface area contributed by atoms with Crippen LogP contribution < -0.4 is 15.5 Å². The molecule has 29 heavy (non-hydrogen) atoms. The maximum absolute atomic E-state index is 12.4. The van der Waals surface area contributed by atoms with E-state index < -0.39 is 0 Å². The van der Waals surface area contributed by atoms with E-state index in [0.717, 1.165) is 30.0 Å². The number of rotatable bonds is 5. The lowest BCUT2D eigenvalue weighted by Crippen LogP contribution is -2.37. The van der Waals surface area contributed by atoms with Crippen molar-refractivity contribution >= 4 is 23.2 Å². The Balaban J connectivity index is 1.57. The molecule has 0 spiro atoms. The minimum absolute atomic E-state index is 0.0305. The lowest BCUT2D eigenvalue weighted by molar-refractivity contribution is -0.115. The van der Waals surface area contributed by atoms with Crippen molar-refractivity contribution in [1.29, 1.82) is 0 Å². The van der Waals surface area contributed by atoms with Gasteiger partial charge in [-0.3, -0.25) is 9.59 Å². The topological polar surface area (TPSA) is 70.7 Å².